The van der Waals surface area contributed by atoms with Gasteiger partial charge in [0.05, 0.1) is 41.3 Å². The summed E-state index contributed by atoms with van der Waals surface area (Å²) in [6.45, 7) is 6.62. The maximum Gasteiger partial charge on any atom is 0.226 e. The lowest BCUT2D eigenvalue weighted by atomic mass is 9.74. The number of hydrogen-bond acceptors (Lipinski definition) is 3. The summed E-state index contributed by atoms with van der Waals surface area (Å²) in [6.07, 6.45) is 4.01. The van der Waals surface area contributed by atoms with Crippen LogP contribution in [0.25, 0.3) is 16.6 Å². The van der Waals surface area contributed by atoms with E-state index in [4.69, 9.17) is 5.10 Å². The standard InChI is InChI=1S/C25H27N5O/c1-16-8-4-7-11-22(16)30-23-14-25(2,3)13-21(18(23)15-26-30)27-24(31)12-20-17-9-5-6-10-19(17)28-29-20/h4-11,15,21H,12-14H2,1-3H3,(H,27,31)(H,28,29)/t21-/m0/s1. The average molecular weight is 414 g/mol. The van der Waals surface area contributed by atoms with Gasteiger partial charge in [-0.3, -0.25) is 9.89 Å². The molecule has 0 saturated carbocycles. The van der Waals surface area contributed by atoms with Crippen LogP contribution in [0, 0.1) is 12.3 Å². The number of para-hydroxylation sites is 2. The van der Waals surface area contributed by atoms with Crippen molar-refractivity contribution >= 4 is 16.8 Å². The summed E-state index contributed by atoms with van der Waals surface area (Å²) < 4.78 is 2.05. The predicted octanol–water partition coefficient (Wildman–Crippen LogP) is 4.43. The second-order valence-electron chi connectivity index (χ2n) is 9.31. The zero-order valence-electron chi connectivity index (χ0n) is 18.1. The van der Waals surface area contributed by atoms with Gasteiger partial charge in [-0.1, -0.05) is 50.2 Å². The summed E-state index contributed by atoms with van der Waals surface area (Å²) in [7, 11) is 0. The Labute approximate surface area is 181 Å². The van der Waals surface area contributed by atoms with E-state index in [-0.39, 0.29) is 23.8 Å². The molecule has 2 heterocycles. The number of H-pyrrole nitrogens is 1. The third-order valence-corrected chi connectivity index (χ3v) is 6.24. The van der Waals surface area contributed by atoms with Crippen LogP contribution in [0.1, 0.15) is 48.8 Å². The molecule has 6 heteroatoms. The quantitative estimate of drug-likeness (QED) is 0.520. The van der Waals surface area contributed by atoms with Crippen molar-refractivity contribution in [1.29, 1.82) is 0 Å². The topological polar surface area (TPSA) is 75.6 Å². The Balaban J connectivity index is 1.43. The van der Waals surface area contributed by atoms with Crippen molar-refractivity contribution in [1.82, 2.24) is 25.3 Å². The lowest BCUT2D eigenvalue weighted by molar-refractivity contribution is -0.121. The van der Waals surface area contributed by atoms with E-state index in [2.05, 4.69) is 48.4 Å². The molecule has 0 radical (unpaired) electrons. The van der Waals surface area contributed by atoms with Crippen molar-refractivity contribution in [2.45, 2.75) is 46.1 Å². The number of nitrogens with one attached hydrogen (secondary N) is 2. The molecule has 4 aromatic rings. The van der Waals surface area contributed by atoms with E-state index in [9.17, 15) is 4.79 Å². The molecule has 0 unspecified atom stereocenters. The van der Waals surface area contributed by atoms with E-state index in [0.29, 0.717) is 0 Å². The molecule has 0 aliphatic heterocycles. The minimum Gasteiger partial charge on any atom is -0.349 e. The second kappa shape index (κ2) is 7.38. The number of benzene rings is 2. The molecular weight excluding hydrogens is 386 g/mol. The van der Waals surface area contributed by atoms with E-state index < -0.39 is 0 Å². The van der Waals surface area contributed by atoms with Gasteiger partial charge >= 0.3 is 0 Å². The molecule has 6 nitrogen and oxygen atoms in total. The van der Waals surface area contributed by atoms with Gasteiger partial charge in [0.15, 0.2) is 0 Å². The number of hydrogen-bond donors (Lipinski definition) is 2. The van der Waals surface area contributed by atoms with Crippen LogP contribution >= 0.6 is 0 Å². The third-order valence-electron chi connectivity index (χ3n) is 6.24. The molecule has 1 aliphatic carbocycles. The number of amides is 1. The minimum absolute atomic E-state index is 0.00769. The van der Waals surface area contributed by atoms with E-state index in [1.165, 1.54) is 11.3 Å². The van der Waals surface area contributed by atoms with Gasteiger partial charge in [0.25, 0.3) is 0 Å². The van der Waals surface area contributed by atoms with Crippen molar-refractivity contribution in [2.75, 3.05) is 0 Å². The van der Waals surface area contributed by atoms with Gasteiger partial charge < -0.3 is 5.32 Å². The molecule has 2 aromatic carbocycles. The van der Waals surface area contributed by atoms with Gasteiger partial charge in [0.2, 0.25) is 5.91 Å². The fraction of sp³-hybridized carbons (Fsp3) is 0.320. The highest BCUT2D eigenvalue weighted by Crippen LogP contribution is 2.41. The number of fused-ring (bicyclic) bond motifs is 2. The van der Waals surface area contributed by atoms with Crippen LogP contribution in [-0.4, -0.2) is 25.9 Å². The van der Waals surface area contributed by atoms with E-state index in [1.807, 2.05) is 47.3 Å². The van der Waals surface area contributed by atoms with E-state index in [0.717, 1.165) is 40.7 Å². The molecular formula is C25H27N5O. The molecule has 158 valence electrons. The molecule has 0 fully saturated rings. The summed E-state index contributed by atoms with van der Waals surface area (Å²) >= 11 is 0. The molecule has 31 heavy (non-hydrogen) atoms. The van der Waals surface area contributed by atoms with Crippen LogP contribution in [0.3, 0.4) is 0 Å². The highest BCUT2D eigenvalue weighted by molar-refractivity contribution is 5.87. The number of carbonyl (C=O) groups excluding carboxylic acids is 1. The van der Waals surface area contributed by atoms with Crippen LogP contribution in [0.4, 0.5) is 0 Å². The number of rotatable bonds is 4. The molecule has 0 saturated heterocycles. The van der Waals surface area contributed by atoms with E-state index >= 15 is 0 Å². The zero-order chi connectivity index (χ0) is 21.6. The Morgan fingerprint density at radius 3 is 2.81 bits per heavy atom. The summed E-state index contributed by atoms with van der Waals surface area (Å²) in [5, 5.41) is 16.3. The Morgan fingerprint density at radius 2 is 1.97 bits per heavy atom. The Kier molecular flexibility index (Phi) is 4.65. The Bertz CT molecular complexity index is 1270. The third kappa shape index (κ3) is 3.63. The predicted molar refractivity (Wildman–Crippen MR) is 121 cm³/mol. The van der Waals surface area contributed by atoms with Gasteiger partial charge in [-0.25, -0.2) is 4.68 Å². The first-order valence-corrected chi connectivity index (χ1v) is 10.8. The average Bonchev–Trinajstić information content (AvgIpc) is 3.32. The number of aromatic nitrogens is 4. The molecule has 2 aromatic heterocycles. The maximum absolute atomic E-state index is 13.0. The number of aromatic amines is 1. The monoisotopic (exact) mass is 413 g/mol. The van der Waals surface area contributed by atoms with Gasteiger partial charge in [0.1, 0.15) is 0 Å². The summed E-state index contributed by atoms with van der Waals surface area (Å²) in [5.41, 5.74) is 6.36. The molecule has 1 atom stereocenters. The lowest BCUT2D eigenvalue weighted by Crippen LogP contribution is -2.37. The van der Waals surface area contributed by atoms with Crippen LogP contribution in [0.2, 0.25) is 0 Å². The number of carbonyl (C=O) groups is 1. The van der Waals surface area contributed by atoms with Gasteiger partial charge in [0, 0.05) is 10.9 Å². The van der Waals surface area contributed by atoms with Crippen molar-refractivity contribution < 1.29 is 4.79 Å². The smallest absolute Gasteiger partial charge is 0.226 e. The first kappa shape index (κ1) is 19.5. The van der Waals surface area contributed by atoms with E-state index in [1.54, 1.807) is 0 Å². The van der Waals surface area contributed by atoms with Crippen LogP contribution < -0.4 is 5.32 Å². The van der Waals surface area contributed by atoms with Gasteiger partial charge in [-0.15, -0.1) is 0 Å². The fourth-order valence-corrected chi connectivity index (χ4v) is 4.73. The summed E-state index contributed by atoms with van der Waals surface area (Å²) in [4.78, 5) is 13.0. The van der Waals surface area contributed by atoms with Gasteiger partial charge in [-0.2, -0.15) is 10.2 Å². The minimum atomic E-state index is -0.0572. The largest absolute Gasteiger partial charge is 0.349 e. The van der Waals surface area contributed by atoms with Crippen LogP contribution in [-0.2, 0) is 17.6 Å². The fourth-order valence-electron chi connectivity index (χ4n) is 4.73. The zero-order valence-corrected chi connectivity index (χ0v) is 18.1. The van der Waals surface area contributed by atoms with Crippen molar-refractivity contribution in [3.05, 3.63) is 77.2 Å². The molecule has 1 aliphatic rings. The van der Waals surface area contributed by atoms with Crippen LogP contribution in [0.5, 0.6) is 0 Å². The summed E-state index contributed by atoms with van der Waals surface area (Å²) in [5.74, 6) is -0.00769. The maximum atomic E-state index is 13.0. The van der Waals surface area contributed by atoms with Crippen LogP contribution in [0.15, 0.2) is 54.7 Å². The number of nitrogens with zero attached hydrogens (tertiary/aromatic N) is 3. The first-order valence-electron chi connectivity index (χ1n) is 10.8. The molecule has 0 bridgehead atoms. The van der Waals surface area contributed by atoms with Crippen molar-refractivity contribution in [3.63, 3.8) is 0 Å². The highest BCUT2D eigenvalue weighted by Gasteiger charge is 2.36. The number of aryl methyl sites for hydroxylation is 1. The highest BCUT2D eigenvalue weighted by atomic mass is 16.1. The molecule has 1 amide bonds. The Hall–Kier alpha value is -3.41. The molecule has 0 spiro atoms. The normalized spacial score (nSPS) is 17.5. The second-order valence-corrected chi connectivity index (χ2v) is 9.31. The first-order chi connectivity index (χ1) is 14.9. The Morgan fingerprint density at radius 1 is 1.19 bits per heavy atom. The van der Waals surface area contributed by atoms with Gasteiger partial charge in [-0.05, 0) is 42.9 Å². The summed E-state index contributed by atoms with van der Waals surface area (Å²) in [6, 6.07) is 16.1. The van der Waals surface area contributed by atoms with Crippen molar-refractivity contribution in [2.24, 2.45) is 5.41 Å². The van der Waals surface area contributed by atoms with Crippen molar-refractivity contribution in [3.8, 4) is 5.69 Å². The molecule has 5 rings (SSSR count). The SMILES string of the molecule is Cc1ccccc1-n1ncc2c1CC(C)(C)C[C@@H]2NC(=O)Cc1[nH]nc2ccccc12. The lowest BCUT2D eigenvalue weighted by Gasteiger charge is -2.36. The molecule has 2 N–H and O–H groups in total.